The summed E-state index contributed by atoms with van der Waals surface area (Å²) in [5, 5.41) is 10.6. The molecule has 0 radical (unpaired) electrons. The third kappa shape index (κ3) is 67.0. The summed E-state index contributed by atoms with van der Waals surface area (Å²) in [4.78, 5) is 72.7. The van der Waals surface area contributed by atoms with E-state index in [9.17, 15) is 43.2 Å². The van der Waals surface area contributed by atoms with Crippen molar-refractivity contribution in [3.63, 3.8) is 0 Å². The number of carbonyl (C=O) groups excluding carboxylic acids is 4. The monoisotopic (exact) mass is 1370 g/mol. The highest BCUT2D eigenvalue weighted by molar-refractivity contribution is 7.47. The summed E-state index contributed by atoms with van der Waals surface area (Å²) >= 11 is 0. The van der Waals surface area contributed by atoms with Gasteiger partial charge in [-0.25, -0.2) is 9.13 Å². The van der Waals surface area contributed by atoms with Gasteiger partial charge in [-0.1, -0.05) is 319 Å². The lowest BCUT2D eigenvalue weighted by Crippen LogP contribution is -2.30. The van der Waals surface area contributed by atoms with E-state index in [1.165, 1.54) is 167 Å². The second kappa shape index (κ2) is 63.5. The Morgan fingerprint density at radius 1 is 0.301 bits per heavy atom. The molecule has 0 saturated heterocycles. The van der Waals surface area contributed by atoms with Crippen LogP contribution in [0.2, 0.25) is 0 Å². The van der Waals surface area contributed by atoms with E-state index in [0.29, 0.717) is 25.7 Å². The van der Waals surface area contributed by atoms with Gasteiger partial charge in [0.1, 0.15) is 19.3 Å². The predicted octanol–water partition coefficient (Wildman–Crippen LogP) is 21.3. The molecule has 0 aromatic rings. The first-order chi connectivity index (χ1) is 44.6. The molecule has 0 aromatic heterocycles. The quantitative estimate of drug-likeness (QED) is 0.0222. The Bertz CT molecular complexity index is 1840. The number of ether oxygens (including phenoxy) is 4. The first-order valence-corrected chi connectivity index (χ1v) is 41.2. The zero-order valence-corrected chi connectivity index (χ0v) is 62.7. The van der Waals surface area contributed by atoms with Crippen LogP contribution in [0.4, 0.5) is 0 Å². The first kappa shape index (κ1) is 91.1. The molecular weight excluding hydrogens is 1220 g/mol. The van der Waals surface area contributed by atoms with Crippen molar-refractivity contribution in [2.24, 2.45) is 23.7 Å². The van der Waals surface area contributed by atoms with E-state index in [1.807, 2.05) is 0 Å². The molecule has 552 valence electrons. The van der Waals surface area contributed by atoms with Crippen LogP contribution in [0.1, 0.15) is 370 Å². The molecule has 0 amide bonds. The lowest BCUT2D eigenvalue weighted by molar-refractivity contribution is -0.161. The topological polar surface area (TPSA) is 237 Å². The van der Waals surface area contributed by atoms with Crippen LogP contribution in [0, 0.1) is 23.7 Å². The Morgan fingerprint density at radius 3 is 0.763 bits per heavy atom. The number of rotatable bonds is 71. The summed E-state index contributed by atoms with van der Waals surface area (Å²) < 4.78 is 68.4. The normalized spacial score (nSPS) is 14.5. The Hall–Kier alpha value is -1.94. The summed E-state index contributed by atoms with van der Waals surface area (Å²) in [6, 6.07) is 0. The smallest absolute Gasteiger partial charge is 0.462 e. The van der Waals surface area contributed by atoms with E-state index >= 15 is 0 Å². The van der Waals surface area contributed by atoms with Gasteiger partial charge in [0.25, 0.3) is 0 Å². The third-order valence-electron chi connectivity index (χ3n) is 17.4. The molecule has 0 fully saturated rings. The van der Waals surface area contributed by atoms with Crippen LogP contribution in [0.5, 0.6) is 0 Å². The number of aliphatic hydroxyl groups is 1. The lowest BCUT2D eigenvalue weighted by Gasteiger charge is -2.21. The number of hydrogen-bond donors (Lipinski definition) is 3. The minimum atomic E-state index is -4.96. The molecule has 0 aliphatic rings. The molecule has 0 spiro atoms. The summed E-state index contributed by atoms with van der Waals surface area (Å²) in [6.07, 6.45) is 47.3. The number of esters is 4. The van der Waals surface area contributed by atoms with Gasteiger partial charge in [0.05, 0.1) is 26.4 Å². The maximum Gasteiger partial charge on any atom is 0.472 e. The molecule has 3 N–H and O–H groups in total. The molecule has 0 aromatic carbocycles. The Kier molecular flexibility index (Phi) is 62.2. The third-order valence-corrected chi connectivity index (χ3v) is 19.3. The fraction of sp³-hybridized carbons (Fsp3) is 0.946. The molecule has 0 aliphatic heterocycles. The molecule has 17 nitrogen and oxygen atoms in total. The van der Waals surface area contributed by atoms with Gasteiger partial charge < -0.3 is 33.8 Å². The second-order valence-electron chi connectivity index (χ2n) is 28.4. The molecule has 6 atom stereocenters. The maximum atomic E-state index is 13.0. The minimum absolute atomic E-state index is 0.104. The van der Waals surface area contributed by atoms with E-state index in [1.54, 1.807) is 0 Å². The van der Waals surface area contributed by atoms with Crippen molar-refractivity contribution in [1.29, 1.82) is 0 Å². The SMILES string of the molecule is CCC(C)CCCCCCCCC(=O)OC[C@H](COP(=O)(O)OC[C@H](O)COP(=O)(O)OC[C@@H](COC(=O)CCCCCCCCCCCCCCCCCCC(C)C)OC(=O)CCCCCCCCCCC(C)C)OC(=O)CCCCCCCCCCCCC(C)C. The van der Waals surface area contributed by atoms with Crippen molar-refractivity contribution in [2.45, 2.75) is 388 Å². The summed E-state index contributed by atoms with van der Waals surface area (Å²) in [7, 11) is -9.91. The first-order valence-electron chi connectivity index (χ1n) is 38.2. The van der Waals surface area contributed by atoms with Gasteiger partial charge in [-0.05, 0) is 49.4 Å². The number of unbranched alkanes of at least 4 members (excludes halogenated alkanes) is 36. The van der Waals surface area contributed by atoms with Crippen LogP contribution < -0.4 is 0 Å². The fourth-order valence-electron chi connectivity index (χ4n) is 11.2. The van der Waals surface area contributed by atoms with Gasteiger partial charge in [-0.15, -0.1) is 0 Å². The highest BCUT2D eigenvalue weighted by atomic mass is 31.2. The minimum Gasteiger partial charge on any atom is -0.462 e. The largest absolute Gasteiger partial charge is 0.472 e. The molecule has 0 saturated carbocycles. The number of phosphoric acid groups is 2. The van der Waals surface area contributed by atoms with Crippen molar-refractivity contribution >= 4 is 39.5 Å². The van der Waals surface area contributed by atoms with Crippen LogP contribution in [0.3, 0.4) is 0 Å². The molecule has 0 rings (SSSR count). The Labute approximate surface area is 568 Å². The standard InChI is InChI=1S/C74H144O17P2/c1-9-67(8)53-45-37-32-33-39-47-55-72(77)85-61-70(90-73(78)56-48-40-30-23-19-18-21-27-35-43-51-65(4)5)63-89-93(82,83)87-59-68(75)58-86-92(80,81)88-62-69(91-74(79)57-49-41-31-25-24-28-36-44-52-66(6)7)60-84-71(76)54-46-38-29-22-17-15-13-11-10-12-14-16-20-26-34-42-50-64(2)3/h64-70,75H,9-63H2,1-8H3,(H,80,81)(H,82,83)/t67?,68-,69-,70-/m1/s1. The highest BCUT2D eigenvalue weighted by Crippen LogP contribution is 2.45. The van der Waals surface area contributed by atoms with E-state index in [0.717, 1.165) is 120 Å². The van der Waals surface area contributed by atoms with Gasteiger partial charge >= 0.3 is 39.5 Å². The van der Waals surface area contributed by atoms with Crippen LogP contribution in [0.15, 0.2) is 0 Å². The fourth-order valence-corrected chi connectivity index (χ4v) is 12.7. The van der Waals surface area contributed by atoms with Gasteiger partial charge in [0, 0.05) is 25.7 Å². The number of aliphatic hydroxyl groups excluding tert-OH is 1. The van der Waals surface area contributed by atoms with Gasteiger partial charge in [0.15, 0.2) is 12.2 Å². The molecule has 3 unspecified atom stereocenters. The lowest BCUT2D eigenvalue weighted by atomic mass is 10.00. The van der Waals surface area contributed by atoms with E-state index < -0.39 is 97.5 Å². The van der Waals surface area contributed by atoms with Crippen molar-refractivity contribution < 1.29 is 80.2 Å². The number of hydrogen-bond acceptors (Lipinski definition) is 15. The van der Waals surface area contributed by atoms with Crippen LogP contribution in [-0.2, 0) is 65.4 Å². The molecule has 0 aliphatic carbocycles. The maximum absolute atomic E-state index is 13.0. The molecular formula is C74H144O17P2. The van der Waals surface area contributed by atoms with Gasteiger partial charge in [0.2, 0.25) is 0 Å². The van der Waals surface area contributed by atoms with E-state index in [-0.39, 0.29) is 25.7 Å². The van der Waals surface area contributed by atoms with E-state index in [4.69, 9.17) is 37.0 Å². The molecule has 0 heterocycles. The van der Waals surface area contributed by atoms with Gasteiger partial charge in [-0.3, -0.25) is 37.3 Å². The average molecular weight is 1370 g/mol. The van der Waals surface area contributed by atoms with Crippen LogP contribution >= 0.6 is 15.6 Å². The Balaban J connectivity index is 5.20. The zero-order valence-electron chi connectivity index (χ0n) is 60.9. The molecule has 0 bridgehead atoms. The predicted molar refractivity (Wildman–Crippen MR) is 377 cm³/mol. The molecule has 19 heteroatoms. The average Bonchev–Trinajstić information content (AvgIpc) is 3.55. The van der Waals surface area contributed by atoms with Crippen LogP contribution in [-0.4, -0.2) is 96.7 Å². The number of phosphoric ester groups is 2. The zero-order chi connectivity index (χ0) is 68.9. The molecule has 93 heavy (non-hydrogen) atoms. The van der Waals surface area contributed by atoms with Crippen molar-refractivity contribution in [3.8, 4) is 0 Å². The summed E-state index contributed by atoms with van der Waals surface area (Å²) in [5.41, 5.74) is 0. The number of carbonyl (C=O) groups is 4. The Morgan fingerprint density at radius 2 is 0.516 bits per heavy atom. The van der Waals surface area contributed by atoms with Crippen molar-refractivity contribution in [3.05, 3.63) is 0 Å². The highest BCUT2D eigenvalue weighted by Gasteiger charge is 2.30. The summed E-state index contributed by atoms with van der Waals surface area (Å²) in [5.74, 6) is 0.887. The van der Waals surface area contributed by atoms with E-state index in [2.05, 4.69) is 55.4 Å². The van der Waals surface area contributed by atoms with Crippen molar-refractivity contribution in [2.75, 3.05) is 39.6 Å². The second-order valence-corrected chi connectivity index (χ2v) is 31.3. The van der Waals surface area contributed by atoms with Crippen LogP contribution in [0.25, 0.3) is 0 Å². The van der Waals surface area contributed by atoms with Crippen molar-refractivity contribution in [1.82, 2.24) is 0 Å². The van der Waals surface area contributed by atoms with Gasteiger partial charge in [-0.2, -0.15) is 0 Å². The summed E-state index contributed by atoms with van der Waals surface area (Å²) in [6.45, 7) is 14.1.